The lowest BCUT2D eigenvalue weighted by Gasteiger charge is -2.38. The van der Waals surface area contributed by atoms with Gasteiger partial charge < -0.3 is 19.4 Å². The molecule has 2 aliphatic heterocycles. The van der Waals surface area contributed by atoms with Gasteiger partial charge >= 0.3 is 0 Å². The Kier molecular flexibility index (Phi) is 32.3. The van der Waals surface area contributed by atoms with Crippen LogP contribution in [-0.2, 0) is 4.74 Å². The predicted molar refractivity (Wildman–Crippen MR) is 199 cm³/mol. The lowest BCUT2D eigenvalue weighted by molar-refractivity contribution is -0.00389. The SMILES string of the molecule is C.CC(C)(C)N1CCOCC1.CC(C)N(C(C)C)C(C)C.CC(C)N(C)C.CC(C)N1CCCC1.CCN(CC)C(C)C. The highest BCUT2D eigenvalue weighted by Gasteiger charge is 2.22. The van der Waals surface area contributed by atoms with Crippen molar-refractivity contribution in [3.05, 3.63) is 0 Å². The molecule has 0 aromatic carbocycles. The summed E-state index contributed by atoms with van der Waals surface area (Å²) in [6.07, 6.45) is 2.83. The van der Waals surface area contributed by atoms with Gasteiger partial charge in [0, 0.05) is 54.9 Å². The van der Waals surface area contributed by atoms with Crippen molar-refractivity contribution in [2.45, 2.75) is 180 Å². The van der Waals surface area contributed by atoms with Gasteiger partial charge in [-0.2, -0.15) is 0 Å². The fourth-order valence-corrected chi connectivity index (χ4v) is 5.23. The van der Waals surface area contributed by atoms with Crippen LogP contribution >= 0.6 is 0 Å². The van der Waals surface area contributed by atoms with E-state index >= 15 is 0 Å². The molecule has 0 N–H and O–H groups in total. The summed E-state index contributed by atoms with van der Waals surface area (Å²) in [7, 11) is 4.15. The van der Waals surface area contributed by atoms with Crippen LogP contribution in [0.5, 0.6) is 0 Å². The van der Waals surface area contributed by atoms with E-state index in [0.717, 1.165) is 32.3 Å². The highest BCUT2D eigenvalue weighted by atomic mass is 16.5. The van der Waals surface area contributed by atoms with Gasteiger partial charge in [-0.1, -0.05) is 21.3 Å². The first-order valence-corrected chi connectivity index (χ1v) is 17.5. The van der Waals surface area contributed by atoms with Gasteiger partial charge in [0.05, 0.1) is 13.2 Å². The Morgan fingerprint density at radius 2 is 0.953 bits per heavy atom. The monoisotopic (exact) mass is 618 g/mol. The molecule has 0 amide bonds. The van der Waals surface area contributed by atoms with Crippen LogP contribution < -0.4 is 0 Å². The zero-order chi connectivity index (χ0) is 33.6. The first kappa shape index (κ1) is 49.6. The molecule has 0 radical (unpaired) electrons. The van der Waals surface area contributed by atoms with Crippen molar-refractivity contribution < 1.29 is 4.74 Å². The minimum Gasteiger partial charge on any atom is -0.379 e. The van der Waals surface area contributed by atoms with Crippen LogP contribution in [0.2, 0.25) is 0 Å². The van der Waals surface area contributed by atoms with E-state index in [1.807, 2.05) is 0 Å². The molecule has 2 heterocycles. The smallest absolute Gasteiger partial charge is 0.0594 e. The Labute approximate surface area is 275 Å². The molecule has 0 bridgehead atoms. The van der Waals surface area contributed by atoms with Crippen LogP contribution in [0.3, 0.4) is 0 Å². The molecule has 0 unspecified atom stereocenters. The molecule has 0 aromatic rings. The average molecular weight is 618 g/mol. The van der Waals surface area contributed by atoms with E-state index in [9.17, 15) is 0 Å². The molecule has 6 heteroatoms. The molecule has 0 aliphatic carbocycles. The summed E-state index contributed by atoms with van der Waals surface area (Å²) in [4.78, 5) is 12.1. The van der Waals surface area contributed by atoms with E-state index in [1.165, 1.54) is 39.0 Å². The molecular weight excluding hydrogens is 530 g/mol. The van der Waals surface area contributed by atoms with Gasteiger partial charge in [0.1, 0.15) is 0 Å². The Balaban J connectivity index is -0.000000222. The standard InChI is InChI=1S/C9H21N.C8H17NO.C7H15N.C7H17N.C5H13N.CH4/c1-7(2)10(8(3)4)9(5)6;1-8(2,3)9-4-6-10-7-5-9;1-7(2)8-5-3-4-6-8;1-5-8(6-2)7(3)4;1-5(2)6(3)4;/h7-9H,1-6H3;4-7H2,1-3H3;7H,3-6H2,1-2H3;7H,5-6H2,1-4H3;5H,1-4H3;1H4. The number of hydrogen-bond donors (Lipinski definition) is 0. The first-order valence-electron chi connectivity index (χ1n) is 17.5. The molecular formula is C37H87N5O. The quantitative estimate of drug-likeness (QED) is 0.271. The summed E-state index contributed by atoms with van der Waals surface area (Å²) < 4.78 is 5.25. The number of likely N-dealkylation sites (tertiary alicyclic amines) is 1. The largest absolute Gasteiger partial charge is 0.379 e. The lowest BCUT2D eigenvalue weighted by atomic mass is 10.1. The number of hydrogen-bond acceptors (Lipinski definition) is 6. The van der Waals surface area contributed by atoms with Gasteiger partial charge in [-0.25, -0.2) is 0 Å². The molecule has 2 rings (SSSR count). The van der Waals surface area contributed by atoms with Gasteiger partial charge in [-0.05, 0) is 157 Å². The Morgan fingerprint density at radius 1 is 0.605 bits per heavy atom. The summed E-state index contributed by atoms with van der Waals surface area (Å²) in [5.74, 6) is 0. The normalized spacial score (nSPS) is 16.2. The first-order chi connectivity index (χ1) is 19.2. The van der Waals surface area contributed by atoms with Gasteiger partial charge in [-0.15, -0.1) is 0 Å². The molecule has 2 fully saturated rings. The topological polar surface area (TPSA) is 25.4 Å². The zero-order valence-electron chi connectivity index (χ0n) is 32.7. The predicted octanol–water partition coefficient (Wildman–Crippen LogP) is 8.45. The fraction of sp³-hybridized carbons (Fsp3) is 1.00. The maximum Gasteiger partial charge on any atom is 0.0594 e. The Bertz CT molecular complexity index is 523. The van der Waals surface area contributed by atoms with Crippen molar-refractivity contribution in [3.63, 3.8) is 0 Å². The van der Waals surface area contributed by atoms with Crippen molar-refractivity contribution in [2.24, 2.45) is 0 Å². The van der Waals surface area contributed by atoms with Crippen molar-refractivity contribution in [1.29, 1.82) is 0 Å². The number of rotatable bonds is 8. The molecule has 43 heavy (non-hydrogen) atoms. The van der Waals surface area contributed by atoms with Crippen LogP contribution in [0, 0.1) is 0 Å². The van der Waals surface area contributed by atoms with E-state index in [4.69, 9.17) is 4.74 Å². The van der Waals surface area contributed by atoms with Crippen molar-refractivity contribution in [3.8, 4) is 0 Å². The third kappa shape index (κ3) is 27.8. The molecule has 0 atom stereocenters. The summed E-state index contributed by atoms with van der Waals surface area (Å²) in [6.45, 7) is 47.0. The second kappa shape index (κ2) is 28.0. The van der Waals surface area contributed by atoms with E-state index in [2.05, 4.69) is 156 Å². The summed E-state index contributed by atoms with van der Waals surface area (Å²) in [6, 6.07) is 4.17. The van der Waals surface area contributed by atoms with Crippen molar-refractivity contribution >= 4 is 0 Å². The Morgan fingerprint density at radius 3 is 1.07 bits per heavy atom. The van der Waals surface area contributed by atoms with E-state index in [0.29, 0.717) is 35.7 Å². The number of nitrogens with zero attached hydrogens (tertiary/aromatic N) is 5. The van der Waals surface area contributed by atoms with Crippen LogP contribution in [0.1, 0.15) is 138 Å². The lowest BCUT2D eigenvalue weighted by Crippen LogP contribution is -2.47. The zero-order valence-corrected chi connectivity index (χ0v) is 32.7. The molecule has 2 saturated heterocycles. The second-order valence-corrected chi connectivity index (χ2v) is 14.7. The molecule has 6 nitrogen and oxygen atoms in total. The highest BCUT2D eigenvalue weighted by molar-refractivity contribution is 4.77. The molecule has 2 aliphatic rings. The Hall–Kier alpha value is -0.240. The maximum absolute atomic E-state index is 5.25. The summed E-state index contributed by atoms with van der Waals surface area (Å²) in [5.41, 5.74) is 0.323. The third-order valence-corrected chi connectivity index (χ3v) is 8.20. The van der Waals surface area contributed by atoms with Gasteiger partial charge in [0.2, 0.25) is 0 Å². The summed E-state index contributed by atoms with van der Waals surface area (Å²) >= 11 is 0. The van der Waals surface area contributed by atoms with Crippen molar-refractivity contribution in [1.82, 2.24) is 24.5 Å². The maximum atomic E-state index is 5.25. The van der Waals surface area contributed by atoms with E-state index < -0.39 is 0 Å². The minimum atomic E-state index is 0. The molecule has 0 saturated carbocycles. The number of ether oxygens (including phenoxy) is 1. The molecule has 0 spiro atoms. The van der Waals surface area contributed by atoms with Crippen LogP contribution in [0.4, 0.5) is 0 Å². The van der Waals surface area contributed by atoms with Crippen LogP contribution in [0.15, 0.2) is 0 Å². The van der Waals surface area contributed by atoms with Crippen LogP contribution in [-0.4, -0.2) is 133 Å². The highest BCUT2D eigenvalue weighted by Crippen LogP contribution is 2.14. The fourth-order valence-electron chi connectivity index (χ4n) is 5.23. The van der Waals surface area contributed by atoms with Gasteiger partial charge in [-0.3, -0.25) is 9.80 Å². The van der Waals surface area contributed by atoms with Crippen LogP contribution in [0.25, 0.3) is 0 Å². The molecule has 266 valence electrons. The molecule has 0 aromatic heterocycles. The average Bonchev–Trinajstić information content (AvgIpc) is 3.41. The second-order valence-electron chi connectivity index (χ2n) is 14.7. The van der Waals surface area contributed by atoms with E-state index in [-0.39, 0.29) is 7.43 Å². The van der Waals surface area contributed by atoms with E-state index in [1.54, 1.807) is 0 Å². The summed E-state index contributed by atoms with van der Waals surface area (Å²) in [5, 5.41) is 0. The van der Waals surface area contributed by atoms with Gasteiger partial charge in [0.25, 0.3) is 0 Å². The minimum absolute atomic E-state index is 0. The van der Waals surface area contributed by atoms with Crippen molar-refractivity contribution in [2.75, 3.05) is 66.6 Å². The number of morpholine rings is 1. The third-order valence-electron chi connectivity index (χ3n) is 8.20. The van der Waals surface area contributed by atoms with Gasteiger partial charge in [0.15, 0.2) is 0 Å².